The van der Waals surface area contributed by atoms with Gasteiger partial charge < -0.3 is 10.8 Å². The summed E-state index contributed by atoms with van der Waals surface area (Å²) in [6.45, 7) is 3.81. The first kappa shape index (κ1) is 29.2. The molecule has 0 spiro atoms. The molecule has 11 heteroatoms. The summed E-state index contributed by atoms with van der Waals surface area (Å²) in [5.74, 6) is -1.15. The monoisotopic (exact) mass is 571 g/mol. The van der Waals surface area contributed by atoms with Gasteiger partial charge in [0, 0.05) is 23.7 Å². The van der Waals surface area contributed by atoms with E-state index in [1.807, 2.05) is 13.8 Å². The molecule has 1 amide bonds. The van der Waals surface area contributed by atoms with Crippen LogP contribution in [0.4, 0.5) is 0 Å². The lowest BCUT2D eigenvalue weighted by Crippen LogP contribution is -2.27. The first-order valence-electron chi connectivity index (χ1n) is 13.1. The minimum atomic E-state index is -4.62. The van der Waals surface area contributed by atoms with Gasteiger partial charge in [-0.2, -0.15) is 10.2 Å². The Morgan fingerprint density at radius 1 is 1.12 bits per heavy atom. The van der Waals surface area contributed by atoms with Crippen molar-refractivity contribution in [3.63, 3.8) is 0 Å². The zero-order chi connectivity index (χ0) is 29.7. The minimum absolute atomic E-state index is 0.239. The van der Waals surface area contributed by atoms with E-state index in [-0.39, 0.29) is 11.4 Å². The quantitative estimate of drug-likeness (QED) is 0.286. The Labute approximate surface area is 237 Å². The maximum atomic E-state index is 13.7. The average molecular weight is 572 g/mol. The second-order valence-corrected chi connectivity index (χ2v) is 11.3. The molecular weight excluding hydrogens is 542 g/mol. The molecule has 0 saturated carbocycles. The number of aromatic nitrogens is 3. The molecule has 2 aromatic heterocycles. The average Bonchev–Trinajstić information content (AvgIpc) is 2.97. The Morgan fingerprint density at radius 2 is 1.88 bits per heavy atom. The molecule has 0 fully saturated rings. The van der Waals surface area contributed by atoms with Crippen LogP contribution < -0.4 is 11.3 Å². The molecule has 4 aromatic rings. The Balaban J connectivity index is 1.87. The maximum Gasteiger partial charge on any atom is 0.296 e. The molecular formula is C30H29N5O5S. The predicted molar refractivity (Wildman–Crippen MR) is 152 cm³/mol. The fraction of sp³-hybridized carbons (Fsp3) is 0.233. The van der Waals surface area contributed by atoms with E-state index in [0.29, 0.717) is 41.5 Å². The molecule has 1 atom stereocenters. The van der Waals surface area contributed by atoms with Crippen molar-refractivity contribution in [2.24, 2.45) is 5.73 Å². The highest BCUT2D eigenvalue weighted by Crippen LogP contribution is 2.34. The zero-order valence-electron chi connectivity index (χ0n) is 22.6. The number of nitriles is 1. The number of primary amides is 1. The Morgan fingerprint density at radius 3 is 2.51 bits per heavy atom. The third kappa shape index (κ3) is 5.73. The van der Waals surface area contributed by atoms with Gasteiger partial charge in [-0.3, -0.25) is 14.2 Å². The second-order valence-electron chi connectivity index (χ2n) is 9.42. The van der Waals surface area contributed by atoms with E-state index in [1.54, 1.807) is 48.5 Å². The van der Waals surface area contributed by atoms with Crippen LogP contribution in [0.1, 0.15) is 66.5 Å². The summed E-state index contributed by atoms with van der Waals surface area (Å²) in [6, 6.07) is 17.5. The first-order chi connectivity index (χ1) is 19.6. The number of hydrogen-bond donors (Lipinski definition) is 2. The predicted octanol–water partition coefficient (Wildman–Crippen LogP) is 4.16. The molecule has 2 aromatic carbocycles. The van der Waals surface area contributed by atoms with E-state index in [9.17, 15) is 28.4 Å². The number of sulfone groups is 1. The van der Waals surface area contributed by atoms with Crippen LogP contribution in [-0.2, 0) is 16.3 Å². The summed E-state index contributed by atoms with van der Waals surface area (Å²) in [7, 11) is -4.62. The van der Waals surface area contributed by atoms with Crippen LogP contribution in [0.25, 0.3) is 11.1 Å². The number of carbonyl (C=O) groups excluding carboxylic acids is 1. The number of benzene rings is 2. The van der Waals surface area contributed by atoms with Crippen molar-refractivity contribution < 1.29 is 18.3 Å². The molecule has 3 N–H and O–H groups in total. The SMILES string of the molecule is CCCCc1nc(=O)c(S(=O)(=O)c2ccc(-c3ccccc3C(N)=O)cn2)c(O)n1[C@@H](CC)c1cccc(C#N)c1. The van der Waals surface area contributed by atoms with E-state index in [1.165, 1.54) is 22.9 Å². The zero-order valence-corrected chi connectivity index (χ0v) is 23.4. The summed E-state index contributed by atoms with van der Waals surface area (Å²) in [5.41, 5.74) is 6.59. The van der Waals surface area contributed by atoms with E-state index in [2.05, 4.69) is 16.0 Å². The van der Waals surface area contributed by atoms with Crippen molar-refractivity contribution in [1.29, 1.82) is 5.26 Å². The van der Waals surface area contributed by atoms with Gasteiger partial charge in [0.2, 0.25) is 26.5 Å². The minimum Gasteiger partial charge on any atom is -0.493 e. The number of pyridine rings is 1. The lowest BCUT2D eigenvalue weighted by molar-refractivity contribution is 0.100. The summed E-state index contributed by atoms with van der Waals surface area (Å²) in [4.78, 5) is 32.3. The van der Waals surface area contributed by atoms with Crippen LogP contribution in [0.15, 0.2) is 81.6 Å². The maximum absolute atomic E-state index is 13.7. The molecule has 2 heterocycles. The van der Waals surface area contributed by atoms with E-state index >= 15 is 0 Å². The van der Waals surface area contributed by atoms with Gasteiger partial charge in [0.25, 0.3) is 5.56 Å². The molecule has 0 aliphatic carbocycles. The van der Waals surface area contributed by atoms with Gasteiger partial charge in [0.05, 0.1) is 17.7 Å². The summed E-state index contributed by atoms with van der Waals surface area (Å²) in [5, 5.41) is 20.4. The molecule has 41 heavy (non-hydrogen) atoms. The molecule has 4 rings (SSSR count). The van der Waals surface area contributed by atoms with Gasteiger partial charge >= 0.3 is 0 Å². The lowest BCUT2D eigenvalue weighted by Gasteiger charge is -2.25. The number of rotatable bonds is 10. The topological polar surface area (TPSA) is 169 Å². The highest BCUT2D eigenvalue weighted by atomic mass is 32.2. The number of unbranched alkanes of at least 4 members (excludes halogenated alkanes) is 1. The summed E-state index contributed by atoms with van der Waals surface area (Å²) in [6.07, 6.45) is 3.45. The van der Waals surface area contributed by atoms with Gasteiger partial charge in [0.15, 0.2) is 5.03 Å². The molecule has 0 bridgehead atoms. The standard InChI is InChI=1S/C30H29N5O5S/c1-3-5-13-25-34-29(37)27(30(38)35(25)24(4-2)20-10-8-9-19(16-20)17-31)41(39,40)26-15-14-21(18-33-26)22-11-6-7-12-23(22)28(32)36/h6-12,14-16,18,24,38H,3-5,13H2,1-2H3,(H2,32,36)/t24-/m0/s1. The van der Waals surface area contributed by atoms with E-state index in [0.717, 1.165) is 6.42 Å². The normalized spacial score (nSPS) is 12.0. The molecule has 0 saturated heterocycles. The van der Waals surface area contributed by atoms with Gasteiger partial charge in [0.1, 0.15) is 5.82 Å². The summed E-state index contributed by atoms with van der Waals surface area (Å²) >= 11 is 0. The van der Waals surface area contributed by atoms with E-state index in [4.69, 9.17) is 5.73 Å². The molecule has 10 nitrogen and oxygen atoms in total. The van der Waals surface area contributed by atoms with Crippen LogP contribution in [0, 0.1) is 11.3 Å². The van der Waals surface area contributed by atoms with Gasteiger partial charge in [-0.25, -0.2) is 13.4 Å². The van der Waals surface area contributed by atoms with Crippen molar-refractivity contribution in [1.82, 2.24) is 14.5 Å². The van der Waals surface area contributed by atoms with Crippen molar-refractivity contribution in [3.05, 3.63) is 99.7 Å². The van der Waals surface area contributed by atoms with Crippen molar-refractivity contribution in [2.45, 2.75) is 55.5 Å². The second kappa shape index (κ2) is 12.1. The van der Waals surface area contributed by atoms with E-state index < -0.39 is 43.1 Å². The van der Waals surface area contributed by atoms with Gasteiger partial charge in [-0.1, -0.05) is 50.6 Å². The fourth-order valence-corrected chi connectivity index (χ4v) is 6.02. The molecule has 0 radical (unpaired) electrons. The van der Waals surface area contributed by atoms with Crippen molar-refractivity contribution in [3.8, 4) is 23.1 Å². The third-order valence-corrected chi connectivity index (χ3v) is 8.46. The lowest BCUT2D eigenvalue weighted by atomic mass is 10.0. The molecule has 0 aliphatic heterocycles. The Kier molecular flexibility index (Phi) is 8.64. The number of nitrogens with zero attached hydrogens (tertiary/aromatic N) is 4. The Hall–Kier alpha value is -4.82. The first-order valence-corrected chi connectivity index (χ1v) is 14.6. The number of hydrogen-bond acceptors (Lipinski definition) is 8. The smallest absolute Gasteiger partial charge is 0.296 e. The summed E-state index contributed by atoms with van der Waals surface area (Å²) < 4.78 is 28.8. The highest BCUT2D eigenvalue weighted by Gasteiger charge is 2.32. The highest BCUT2D eigenvalue weighted by molar-refractivity contribution is 7.91. The number of aromatic hydroxyl groups is 1. The number of amides is 1. The number of carbonyl (C=O) groups is 1. The molecule has 210 valence electrons. The van der Waals surface area contributed by atoms with Crippen LogP contribution in [-0.4, -0.2) is 34.0 Å². The van der Waals surface area contributed by atoms with Crippen LogP contribution in [0.5, 0.6) is 5.88 Å². The Bertz CT molecular complexity index is 1810. The molecule has 0 unspecified atom stereocenters. The number of nitrogens with two attached hydrogens (primary N) is 1. The number of aryl methyl sites for hydroxylation is 1. The van der Waals surface area contributed by atoms with Crippen molar-refractivity contribution >= 4 is 15.7 Å². The van der Waals surface area contributed by atoms with Gasteiger partial charge in [-0.05, 0) is 54.3 Å². The largest absolute Gasteiger partial charge is 0.493 e. The van der Waals surface area contributed by atoms with Crippen LogP contribution in [0.3, 0.4) is 0 Å². The third-order valence-electron chi connectivity index (χ3n) is 6.77. The van der Waals surface area contributed by atoms with Crippen molar-refractivity contribution in [2.75, 3.05) is 0 Å². The van der Waals surface area contributed by atoms with Gasteiger partial charge in [-0.15, -0.1) is 0 Å². The fourth-order valence-electron chi connectivity index (χ4n) is 4.76. The molecule has 0 aliphatic rings. The van der Waals surface area contributed by atoms with Crippen LogP contribution >= 0.6 is 0 Å². The van der Waals surface area contributed by atoms with Crippen LogP contribution in [0.2, 0.25) is 0 Å².